The molecule has 0 radical (unpaired) electrons. The largest absolute Gasteiger partial charge is 0.458 e. The van der Waals surface area contributed by atoms with Crippen LogP contribution in [0.4, 0.5) is 0 Å². The second-order valence-electron chi connectivity index (χ2n) is 6.78. The number of hydrogen-bond donors (Lipinski definition) is 1. The number of fused-ring (bicyclic) bond motifs is 1. The zero-order chi connectivity index (χ0) is 18.2. The molecule has 6 nitrogen and oxygen atoms in total. The summed E-state index contributed by atoms with van der Waals surface area (Å²) in [7, 11) is 1.67. The molecule has 0 saturated carbocycles. The second kappa shape index (κ2) is 6.51. The van der Waals surface area contributed by atoms with Gasteiger partial charge >= 0.3 is 5.97 Å². The molecule has 0 aromatic carbocycles. The van der Waals surface area contributed by atoms with Crippen molar-refractivity contribution in [2.24, 2.45) is 18.0 Å². The molecule has 24 heavy (non-hydrogen) atoms. The summed E-state index contributed by atoms with van der Waals surface area (Å²) in [5, 5.41) is 10.7. The van der Waals surface area contributed by atoms with Crippen molar-refractivity contribution in [1.29, 1.82) is 0 Å². The topological polar surface area (TPSA) is 80.9 Å². The van der Waals surface area contributed by atoms with Crippen LogP contribution in [-0.4, -0.2) is 27.4 Å². The first kappa shape index (κ1) is 18.4. The molecule has 0 unspecified atom stereocenters. The fourth-order valence-corrected chi connectivity index (χ4v) is 2.83. The van der Waals surface area contributed by atoms with Gasteiger partial charge in [0.1, 0.15) is 6.61 Å². The van der Waals surface area contributed by atoms with E-state index < -0.39 is 11.6 Å². The zero-order valence-electron chi connectivity index (χ0n) is 15.2. The van der Waals surface area contributed by atoms with Crippen LogP contribution in [0.2, 0.25) is 0 Å². The minimum Gasteiger partial charge on any atom is -0.458 e. The van der Waals surface area contributed by atoms with Gasteiger partial charge in [-0.15, -0.1) is 0 Å². The van der Waals surface area contributed by atoms with E-state index in [0.29, 0.717) is 28.5 Å². The highest BCUT2D eigenvalue weighted by Crippen LogP contribution is 2.33. The molecule has 2 heterocycles. The predicted octanol–water partition coefficient (Wildman–Crippen LogP) is 1.89. The van der Waals surface area contributed by atoms with E-state index in [2.05, 4.69) is 18.8 Å². The normalized spacial score (nSPS) is 22.3. The van der Waals surface area contributed by atoms with Crippen LogP contribution in [0.5, 0.6) is 0 Å². The number of aliphatic hydroxyl groups is 1. The van der Waals surface area contributed by atoms with Crippen LogP contribution in [-0.2, 0) is 28.8 Å². The monoisotopic (exact) mass is 334 g/mol. The van der Waals surface area contributed by atoms with Crippen molar-refractivity contribution >= 4 is 11.7 Å². The highest BCUT2D eigenvalue weighted by molar-refractivity contribution is 5.98. The zero-order valence-corrected chi connectivity index (χ0v) is 15.2. The fraction of sp³-hybridized carbons (Fsp3) is 0.611. The van der Waals surface area contributed by atoms with Gasteiger partial charge < -0.3 is 14.4 Å². The van der Waals surface area contributed by atoms with E-state index >= 15 is 0 Å². The smallest absolute Gasteiger partial charge is 0.343 e. The highest BCUT2D eigenvalue weighted by atomic mass is 16.6. The summed E-state index contributed by atoms with van der Waals surface area (Å²) < 4.78 is 6.51. The van der Waals surface area contributed by atoms with Gasteiger partial charge in [0, 0.05) is 18.7 Å². The van der Waals surface area contributed by atoms with E-state index in [1.54, 1.807) is 20.0 Å². The third-order valence-corrected chi connectivity index (χ3v) is 4.91. The average molecular weight is 334 g/mol. The Morgan fingerprint density at radius 3 is 2.58 bits per heavy atom. The van der Waals surface area contributed by atoms with Gasteiger partial charge in [-0.1, -0.05) is 20.8 Å². The van der Waals surface area contributed by atoms with Crippen LogP contribution >= 0.6 is 0 Å². The van der Waals surface area contributed by atoms with Gasteiger partial charge in [-0.2, -0.15) is 0 Å². The molecule has 0 spiro atoms. The Morgan fingerprint density at radius 1 is 1.42 bits per heavy atom. The second-order valence-corrected chi connectivity index (χ2v) is 6.78. The first-order chi connectivity index (χ1) is 11.1. The Balaban J connectivity index is 2.68. The quantitative estimate of drug-likeness (QED) is 0.673. The molecule has 2 atom stereocenters. The Morgan fingerprint density at radius 2 is 2.04 bits per heavy atom. The van der Waals surface area contributed by atoms with E-state index in [4.69, 9.17) is 4.74 Å². The minimum absolute atomic E-state index is 0.103. The molecule has 0 fully saturated rings. The maximum Gasteiger partial charge on any atom is 0.343 e. The lowest BCUT2D eigenvalue weighted by Gasteiger charge is -2.32. The van der Waals surface area contributed by atoms with Gasteiger partial charge in [-0.3, -0.25) is 9.79 Å². The molecule has 6 heteroatoms. The predicted molar refractivity (Wildman–Crippen MR) is 92.2 cm³/mol. The van der Waals surface area contributed by atoms with Crippen LogP contribution in [0.1, 0.15) is 57.9 Å². The van der Waals surface area contributed by atoms with Crippen molar-refractivity contribution in [3.63, 3.8) is 0 Å². The van der Waals surface area contributed by atoms with Crippen molar-refractivity contribution in [1.82, 2.24) is 4.57 Å². The lowest BCUT2D eigenvalue weighted by molar-refractivity contribution is -0.172. The van der Waals surface area contributed by atoms with Crippen molar-refractivity contribution in [2.45, 2.75) is 59.3 Å². The van der Waals surface area contributed by atoms with Gasteiger partial charge in [0.2, 0.25) is 0 Å². The molecule has 0 amide bonds. The third kappa shape index (κ3) is 2.90. The average Bonchev–Trinajstić information content (AvgIpc) is 2.53. The van der Waals surface area contributed by atoms with Gasteiger partial charge in [-0.25, -0.2) is 4.79 Å². The van der Waals surface area contributed by atoms with Crippen LogP contribution in [0.15, 0.2) is 15.9 Å². The van der Waals surface area contributed by atoms with Gasteiger partial charge in [0.05, 0.1) is 17.0 Å². The number of esters is 1. The number of rotatable bonds is 4. The molecular formula is C18H26N2O4. The molecule has 1 N–H and O–H groups in total. The molecule has 1 aliphatic heterocycles. The number of aromatic nitrogens is 1. The molecule has 1 aromatic heterocycles. The molecule has 132 valence electrons. The summed E-state index contributed by atoms with van der Waals surface area (Å²) in [5.41, 5.74) is -0.0712. The minimum atomic E-state index is -1.78. The number of hydrogen-bond acceptors (Lipinski definition) is 5. The summed E-state index contributed by atoms with van der Waals surface area (Å²) in [6.45, 7) is 9.60. The first-order valence-corrected chi connectivity index (χ1v) is 8.31. The van der Waals surface area contributed by atoms with Gasteiger partial charge in [-0.05, 0) is 32.3 Å². The van der Waals surface area contributed by atoms with E-state index in [-0.39, 0.29) is 24.6 Å². The Labute approximate surface area is 142 Å². The number of carbonyl (C=O) groups excluding carboxylic acids is 1. The molecule has 1 aromatic rings. The number of pyridine rings is 1. The summed E-state index contributed by atoms with van der Waals surface area (Å²) in [4.78, 5) is 29.4. The highest BCUT2D eigenvalue weighted by Gasteiger charge is 2.44. The van der Waals surface area contributed by atoms with Crippen molar-refractivity contribution in [3.8, 4) is 0 Å². The lowest BCUT2D eigenvalue weighted by atomic mass is 9.86. The van der Waals surface area contributed by atoms with E-state index in [0.717, 1.165) is 0 Å². The summed E-state index contributed by atoms with van der Waals surface area (Å²) in [6, 6.07) is 1.80. The van der Waals surface area contributed by atoms with E-state index in [1.165, 1.54) is 4.57 Å². The van der Waals surface area contributed by atoms with Crippen molar-refractivity contribution in [2.75, 3.05) is 0 Å². The number of cyclic esters (lactones) is 1. The molecule has 0 saturated heterocycles. The third-order valence-electron chi connectivity index (χ3n) is 4.91. The van der Waals surface area contributed by atoms with Crippen LogP contribution in [0.25, 0.3) is 0 Å². The summed E-state index contributed by atoms with van der Waals surface area (Å²) in [5.74, 6) is -0.334. The van der Waals surface area contributed by atoms with Gasteiger partial charge in [0.15, 0.2) is 5.60 Å². The SMILES string of the molecule is CC[C@@]1(O)C(=O)OCc2c1cc(/C(C)=N/[C@@H](C)C(C)C)n(C)c2=O. The molecule has 0 bridgehead atoms. The maximum absolute atomic E-state index is 12.7. The van der Waals surface area contributed by atoms with Crippen LogP contribution in [0, 0.1) is 5.92 Å². The Hall–Kier alpha value is -1.95. The molecule has 0 aliphatic carbocycles. The first-order valence-electron chi connectivity index (χ1n) is 8.31. The van der Waals surface area contributed by atoms with Crippen LogP contribution in [0.3, 0.4) is 0 Å². The van der Waals surface area contributed by atoms with E-state index in [1.807, 2.05) is 13.8 Å². The Kier molecular flexibility index (Phi) is 4.99. The number of nitrogens with zero attached hydrogens (tertiary/aromatic N) is 2. The van der Waals surface area contributed by atoms with Gasteiger partial charge in [0.25, 0.3) is 5.56 Å². The van der Waals surface area contributed by atoms with Crippen molar-refractivity contribution < 1.29 is 14.6 Å². The summed E-state index contributed by atoms with van der Waals surface area (Å²) in [6.07, 6.45) is 0.143. The number of carbonyl (C=O) groups is 1. The molecule has 2 rings (SSSR count). The van der Waals surface area contributed by atoms with Crippen molar-refractivity contribution in [3.05, 3.63) is 33.2 Å². The maximum atomic E-state index is 12.7. The summed E-state index contributed by atoms with van der Waals surface area (Å²) >= 11 is 0. The molecular weight excluding hydrogens is 308 g/mol. The van der Waals surface area contributed by atoms with E-state index in [9.17, 15) is 14.7 Å². The fourth-order valence-electron chi connectivity index (χ4n) is 2.83. The molecule has 1 aliphatic rings. The Bertz CT molecular complexity index is 748. The lowest BCUT2D eigenvalue weighted by Crippen LogP contribution is -2.45. The number of aliphatic imine (C=N–C) groups is 1. The number of ether oxygens (including phenoxy) is 1. The standard InChI is InChI=1S/C18H26N2O4/c1-7-18(23)14-8-15(12(5)19-11(4)10(2)3)20(6)16(21)13(14)9-24-17(18)22/h8,10-11,23H,7,9H2,1-6H3/b19-12+/t11-,18-/m0/s1. The van der Waals surface area contributed by atoms with Crippen LogP contribution < -0.4 is 5.56 Å².